The van der Waals surface area contributed by atoms with Crippen LogP contribution in [0.1, 0.15) is 22.9 Å². The molecule has 0 amide bonds. The minimum atomic E-state index is 0.279. The third-order valence-corrected chi connectivity index (χ3v) is 5.08. The van der Waals surface area contributed by atoms with Gasteiger partial charge in [-0.3, -0.25) is 4.68 Å². The molecule has 0 fully saturated rings. The number of nitrogens with zero attached hydrogens (tertiary/aromatic N) is 2. The highest BCUT2D eigenvalue weighted by atomic mass is 79.9. The monoisotopic (exact) mass is 385 g/mol. The van der Waals surface area contributed by atoms with Crippen LogP contribution >= 0.6 is 31.9 Å². The van der Waals surface area contributed by atoms with Crippen LogP contribution in [0, 0.1) is 6.92 Å². The summed E-state index contributed by atoms with van der Waals surface area (Å²) in [5, 5.41) is 4.43. The van der Waals surface area contributed by atoms with E-state index < -0.39 is 0 Å². The van der Waals surface area contributed by atoms with Crippen molar-refractivity contribution in [2.45, 2.75) is 19.3 Å². The minimum absolute atomic E-state index is 0.279. The topological polar surface area (TPSA) is 43.8 Å². The molecule has 1 aromatic heterocycles. The first-order chi connectivity index (χ1) is 9.04. The maximum atomic E-state index is 5.96. The van der Waals surface area contributed by atoms with E-state index in [-0.39, 0.29) is 5.92 Å². The summed E-state index contributed by atoms with van der Waals surface area (Å²) in [5.41, 5.74) is 9.41. The molecule has 0 aliphatic carbocycles. The molecule has 19 heavy (non-hydrogen) atoms. The van der Waals surface area contributed by atoms with Gasteiger partial charge in [-0.1, -0.05) is 34.1 Å². The Kier molecular flexibility index (Phi) is 4.81. The Labute approximate surface area is 130 Å². The first-order valence-electron chi connectivity index (χ1n) is 6.17. The van der Waals surface area contributed by atoms with Crippen LogP contribution in [0.25, 0.3) is 0 Å². The van der Waals surface area contributed by atoms with Crippen LogP contribution < -0.4 is 5.73 Å². The maximum absolute atomic E-state index is 5.96. The van der Waals surface area contributed by atoms with Crippen LogP contribution in [-0.4, -0.2) is 16.3 Å². The van der Waals surface area contributed by atoms with Gasteiger partial charge in [0.15, 0.2) is 0 Å². The molecule has 5 heteroatoms. The fourth-order valence-electron chi connectivity index (χ4n) is 2.26. The van der Waals surface area contributed by atoms with Gasteiger partial charge in [-0.25, -0.2) is 0 Å². The van der Waals surface area contributed by atoms with Crippen molar-refractivity contribution in [1.29, 1.82) is 0 Å². The second kappa shape index (κ2) is 6.20. The number of rotatable bonds is 4. The molecule has 0 saturated carbocycles. The molecule has 2 N–H and O–H groups in total. The van der Waals surface area contributed by atoms with E-state index in [1.807, 2.05) is 30.8 Å². The van der Waals surface area contributed by atoms with Crippen molar-refractivity contribution < 1.29 is 0 Å². The van der Waals surface area contributed by atoms with E-state index >= 15 is 0 Å². The Morgan fingerprint density at radius 2 is 2.00 bits per heavy atom. The van der Waals surface area contributed by atoms with Crippen LogP contribution in [0.3, 0.4) is 0 Å². The number of nitrogens with two attached hydrogens (primary N) is 1. The summed E-state index contributed by atoms with van der Waals surface area (Å²) < 4.78 is 4.12. The van der Waals surface area contributed by atoms with Gasteiger partial charge in [-0.05, 0) is 47.4 Å². The molecule has 1 unspecified atom stereocenters. The average Bonchev–Trinajstić information content (AvgIpc) is 2.63. The number of aryl methyl sites for hydroxylation is 2. The maximum Gasteiger partial charge on any atom is 0.0738 e. The van der Waals surface area contributed by atoms with Gasteiger partial charge in [-0.15, -0.1) is 0 Å². The van der Waals surface area contributed by atoms with E-state index in [0.29, 0.717) is 6.54 Å². The molecule has 0 bridgehead atoms. The molecule has 0 radical (unpaired) electrons. The molecule has 3 nitrogen and oxygen atoms in total. The first kappa shape index (κ1) is 14.8. The summed E-state index contributed by atoms with van der Waals surface area (Å²) in [5.74, 6) is 0.279. The Hall–Kier alpha value is -0.650. The van der Waals surface area contributed by atoms with E-state index in [0.717, 1.165) is 21.1 Å². The van der Waals surface area contributed by atoms with Crippen molar-refractivity contribution in [3.8, 4) is 0 Å². The second-order valence-corrected chi connectivity index (χ2v) is 6.28. The Balaban J connectivity index is 2.32. The summed E-state index contributed by atoms with van der Waals surface area (Å²) >= 11 is 7.22. The summed E-state index contributed by atoms with van der Waals surface area (Å²) in [6, 6.07) is 8.25. The molecule has 0 aliphatic rings. The highest BCUT2D eigenvalue weighted by Gasteiger charge is 2.18. The van der Waals surface area contributed by atoms with E-state index in [1.54, 1.807) is 0 Å². The molecular weight excluding hydrogens is 370 g/mol. The lowest BCUT2D eigenvalue weighted by atomic mass is 9.94. The molecular formula is C14H17Br2N3. The van der Waals surface area contributed by atoms with Crippen LogP contribution in [0.5, 0.6) is 0 Å². The van der Waals surface area contributed by atoms with Gasteiger partial charge in [0, 0.05) is 17.4 Å². The normalized spacial score (nSPS) is 12.7. The van der Waals surface area contributed by atoms with Crippen LogP contribution in [0.4, 0.5) is 0 Å². The number of benzene rings is 1. The highest BCUT2D eigenvalue weighted by Crippen LogP contribution is 2.30. The number of hydrogen-bond acceptors (Lipinski definition) is 2. The largest absolute Gasteiger partial charge is 0.330 e. The van der Waals surface area contributed by atoms with Crippen molar-refractivity contribution in [3.05, 3.63) is 50.2 Å². The predicted octanol–water partition coefficient (Wildman–Crippen LogP) is 3.54. The van der Waals surface area contributed by atoms with Gasteiger partial charge >= 0.3 is 0 Å². The number of halogens is 2. The standard InChI is InChI=1S/C14H17Br2N3/c1-9-14(16)13(19(2)18-9)7-10(8-17)11-5-3-4-6-12(11)15/h3-6,10H,7-8,17H2,1-2H3. The van der Waals surface area contributed by atoms with Crippen LogP contribution in [-0.2, 0) is 13.5 Å². The lowest BCUT2D eigenvalue weighted by molar-refractivity contribution is 0.626. The van der Waals surface area contributed by atoms with Crippen molar-refractivity contribution in [3.63, 3.8) is 0 Å². The molecule has 102 valence electrons. The van der Waals surface area contributed by atoms with Gasteiger partial charge < -0.3 is 5.73 Å². The van der Waals surface area contributed by atoms with E-state index in [4.69, 9.17) is 5.73 Å². The Bertz CT molecular complexity index is 578. The Morgan fingerprint density at radius 1 is 1.32 bits per heavy atom. The third kappa shape index (κ3) is 3.09. The summed E-state index contributed by atoms with van der Waals surface area (Å²) in [6.45, 7) is 2.61. The van der Waals surface area contributed by atoms with Crippen LogP contribution in [0.2, 0.25) is 0 Å². The van der Waals surface area contributed by atoms with E-state index in [9.17, 15) is 0 Å². The summed E-state index contributed by atoms with van der Waals surface area (Å²) in [6.07, 6.45) is 0.872. The number of hydrogen-bond donors (Lipinski definition) is 1. The summed E-state index contributed by atoms with van der Waals surface area (Å²) in [7, 11) is 1.97. The quantitative estimate of drug-likeness (QED) is 0.873. The summed E-state index contributed by atoms with van der Waals surface area (Å²) in [4.78, 5) is 0. The number of aromatic nitrogens is 2. The zero-order chi connectivity index (χ0) is 14.0. The average molecular weight is 387 g/mol. The Morgan fingerprint density at radius 3 is 2.53 bits per heavy atom. The molecule has 2 aromatic rings. The molecule has 1 atom stereocenters. The SMILES string of the molecule is Cc1nn(C)c(CC(CN)c2ccccc2Br)c1Br. The molecule has 1 heterocycles. The van der Waals surface area contributed by atoms with Crippen molar-refractivity contribution >= 4 is 31.9 Å². The van der Waals surface area contributed by atoms with Gasteiger partial charge in [0.05, 0.1) is 15.9 Å². The molecule has 0 saturated heterocycles. The van der Waals surface area contributed by atoms with E-state index in [1.165, 1.54) is 11.3 Å². The lowest BCUT2D eigenvalue weighted by Gasteiger charge is -2.17. The van der Waals surface area contributed by atoms with Crippen molar-refractivity contribution in [2.75, 3.05) is 6.54 Å². The molecule has 1 aromatic carbocycles. The highest BCUT2D eigenvalue weighted by molar-refractivity contribution is 9.10. The zero-order valence-corrected chi connectivity index (χ0v) is 14.2. The predicted molar refractivity (Wildman–Crippen MR) is 85.3 cm³/mol. The fourth-order valence-corrected chi connectivity index (χ4v) is 3.37. The van der Waals surface area contributed by atoms with Gasteiger partial charge in [-0.2, -0.15) is 5.10 Å². The van der Waals surface area contributed by atoms with Crippen molar-refractivity contribution in [2.24, 2.45) is 12.8 Å². The fraction of sp³-hybridized carbons (Fsp3) is 0.357. The molecule has 2 rings (SSSR count). The molecule has 0 spiro atoms. The van der Waals surface area contributed by atoms with E-state index in [2.05, 4.69) is 49.1 Å². The second-order valence-electron chi connectivity index (χ2n) is 4.63. The van der Waals surface area contributed by atoms with Crippen molar-refractivity contribution in [1.82, 2.24) is 9.78 Å². The third-order valence-electron chi connectivity index (χ3n) is 3.33. The smallest absolute Gasteiger partial charge is 0.0738 e. The first-order valence-corrected chi connectivity index (χ1v) is 7.75. The molecule has 0 aliphatic heterocycles. The van der Waals surface area contributed by atoms with Gasteiger partial charge in [0.1, 0.15) is 0 Å². The van der Waals surface area contributed by atoms with Gasteiger partial charge in [0.2, 0.25) is 0 Å². The zero-order valence-electron chi connectivity index (χ0n) is 11.0. The minimum Gasteiger partial charge on any atom is -0.330 e. The lowest BCUT2D eigenvalue weighted by Crippen LogP contribution is -2.17. The van der Waals surface area contributed by atoms with Gasteiger partial charge in [0.25, 0.3) is 0 Å². The van der Waals surface area contributed by atoms with Crippen LogP contribution in [0.15, 0.2) is 33.2 Å².